The van der Waals surface area contributed by atoms with Crippen LogP contribution in [-0.2, 0) is 0 Å². The Kier molecular flexibility index (Phi) is 50.5. The average molecular weight is 1130 g/mol. The smallest absolute Gasteiger partial charge is 0.120 e. The molecule has 0 bridgehead atoms. The summed E-state index contributed by atoms with van der Waals surface area (Å²) in [7, 11) is -0.426. The monoisotopic (exact) mass is 1130 g/mol. The molecule has 0 fully saturated rings. The molecule has 4 rings (SSSR count). The van der Waals surface area contributed by atoms with E-state index in [4.69, 9.17) is 0 Å². The molecule has 0 heterocycles. The number of hydrogen-bond donors (Lipinski definition) is 0. The van der Waals surface area contributed by atoms with Crippen LogP contribution in [0.2, 0.25) is 25.8 Å². The highest BCUT2D eigenvalue weighted by atomic mass is 19.1. The molecule has 4 aromatic rings. The van der Waals surface area contributed by atoms with Gasteiger partial charge in [0.2, 0.25) is 0 Å². The Morgan fingerprint density at radius 3 is 0.840 bits per heavy atom. The zero-order valence-corrected chi connectivity index (χ0v) is 57.4. The molecule has 1 unspecified atom stereocenters. The molecule has 0 aromatic heterocycles. The molecule has 0 saturated carbocycles. The van der Waals surface area contributed by atoms with Crippen molar-refractivity contribution >= 4 is 51.0 Å². The summed E-state index contributed by atoms with van der Waals surface area (Å²) in [5, 5.41) is 0. The van der Waals surface area contributed by atoms with E-state index in [2.05, 4.69) is 104 Å². The van der Waals surface area contributed by atoms with Crippen LogP contribution in [-0.4, -0.2) is 90.4 Å². The predicted octanol–water partition coefficient (Wildman–Crippen LogP) is 16.6. The van der Waals surface area contributed by atoms with Gasteiger partial charge in [-0.1, -0.05) is 224 Å². The van der Waals surface area contributed by atoms with Crippen molar-refractivity contribution in [3.05, 3.63) is 118 Å². The van der Waals surface area contributed by atoms with E-state index in [0.717, 1.165) is 5.82 Å². The minimum absolute atomic E-state index is 0.0789. The third-order valence-electron chi connectivity index (χ3n) is 18.0. The standard InChI is InChI=1S/2C16H36N.C12H19BF.C11H17BF.2C8H11BF/c2*1-5-9-13-17(14-10-6-2,15-11-7-3)16-12-8-4;1-3-4-5-8-13-12-9-11(14)7-6-10(12)2;1-4-9(3)12-11-7-10(13)6-5-8(11)2;2*1-6-3-4-7(10)5-8(6)9-2/h2*5-16H2,1-4H3;6-7,9H,3-5,8,13H2,1-2H3;5-7,9H,4,12H2,1-3H3;2*3-5H,9H2,1-2H3/q2*+1;4*-1. The van der Waals surface area contributed by atoms with Gasteiger partial charge in [-0.15, -0.1) is 0 Å². The highest BCUT2D eigenvalue weighted by Crippen LogP contribution is 2.18. The summed E-state index contributed by atoms with van der Waals surface area (Å²) in [6.07, 6.45) is 28.5. The lowest BCUT2D eigenvalue weighted by Crippen LogP contribution is -2.50. The number of unbranched alkanes of at least 4 members (excludes halogenated alkanes) is 10. The van der Waals surface area contributed by atoms with Crippen molar-refractivity contribution in [2.45, 2.75) is 258 Å². The first-order chi connectivity index (χ1) is 38.8. The number of nitrogens with zero attached hydrogens (tertiary/aromatic N) is 2. The molecule has 0 amide bonds. The van der Waals surface area contributed by atoms with Gasteiger partial charge in [0.15, 0.2) is 0 Å². The van der Waals surface area contributed by atoms with Crippen LogP contribution < -0.4 is 21.9 Å². The molecule has 0 radical (unpaired) electrons. The molecule has 0 N–H and O–H groups in total. The number of aryl methyl sites for hydroxylation is 4. The topological polar surface area (TPSA) is 0 Å². The molecule has 10 heteroatoms. The van der Waals surface area contributed by atoms with Gasteiger partial charge < -0.3 is 8.97 Å². The third kappa shape index (κ3) is 39.1. The molecular formula is C71H130B4F4N2-2. The number of halogens is 4. The third-order valence-corrected chi connectivity index (χ3v) is 18.0. The Hall–Kier alpha value is -3.22. The molecule has 0 aliphatic carbocycles. The van der Waals surface area contributed by atoms with Gasteiger partial charge in [0.1, 0.15) is 23.3 Å². The van der Waals surface area contributed by atoms with Crippen molar-refractivity contribution in [1.82, 2.24) is 0 Å². The van der Waals surface area contributed by atoms with E-state index < -0.39 is 0 Å². The first kappa shape index (κ1) is 79.8. The quantitative estimate of drug-likeness (QED) is 0.0189. The van der Waals surface area contributed by atoms with E-state index >= 15 is 0 Å². The van der Waals surface area contributed by atoms with Gasteiger partial charge in [0, 0.05) is 0 Å². The van der Waals surface area contributed by atoms with Crippen molar-refractivity contribution in [2.75, 3.05) is 52.4 Å². The summed E-state index contributed by atoms with van der Waals surface area (Å²) in [5.41, 5.74) is 9.98. The fourth-order valence-electron chi connectivity index (χ4n) is 11.6. The molecule has 4 aromatic carbocycles. The lowest BCUT2D eigenvalue weighted by Gasteiger charge is -2.39. The van der Waals surface area contributed by atoms with E-state index in [0.29, 0.717) is 0 Å². The fraction of sp³-hybridized carbons (Fsp3) is 0.662. The van der Waals surface area contributed by atoms with Crippen LogP contribution in [0.15, 0.2) is 72.8 Å². The van der Waals surface area contributed by atoms with Gasteiger partial charge in [-0.3, -0.25) is 0 Å². The lowest BCUT2D eigenvalue weighted by atomic mass is 9.58. The maximum atomic E-state index is 12.9. The molecular weight excluding hydrogens is 1000 g/mol. The fourth-order valence-corrected chi connectivity index (χ4v) is 11.6. The number of benzene rings is 4. The first-order valence-electron chi connectivity index (χ1n) is 35.1. The summed E-state index contributed by atoms with van der Waals surface area (Å²) in [4.78, 5) is 0. The second-order valence-electron chi connectivity index (χ2n) is 25.4. The lowest BCUT2D eigenvalue weighted by molar-refractivity contribution is -0.929. The van der Waals surface area contributed by atoms with Gasteiger partial charge in [-0.25, -0.2) is 39.4 Å². The predicted molar refractivity (Wildman–Crippen MR) is 372 cm³/mol. The van der Waals surface area contributed by atoms with Gasteiger partial charge >= 0.3 is 0 Å². The van der Waals surface area contributed by atoms with Crippen molar-refractivity contribution in [1.29, 1.82) is 0 Å². The Balaban J connectivity index is 0. The molecule has 2 nitrogen and oxygen atoms in total. The van der Waals surface area contributed by atoms with Crippen LogP contribution in [0, 0.1) is 51.0 Å². The average Bonchev–Trinajstić information content (AvgIpc) is 3.47. The molecule has 0 aliphatic rings. The highest BCUT2D eigenvalue weighted by Gasteiger charge is 2.26. The summed E-state index contributed by atoms with van der Waals surface area (Å²) >= 11 is 0. The Morgan fingerprint density at radius 1 is 0.346 bits per heavy atom. The molecule has 0 aliphatic heterocycles. The van der Waals surface area contributed by atoms with E-state index in [1.54, 1.807) is 36.4 Å². The first-order valence-corrected chi connectivity index (χ1v) is 35.1. The second kappa shape index (κ2) is 51.2. The van der Waals surface area contributed by atoms with Crippen LogP contribution in [0.1, 0.15) is 227 Å². The van der Waals surface area contributed by atoms with Crippen molar-refractivity contribution in [3.8, 4) is 0 Å². The molecule has 0 spiro atoms. The minimum atomic E-state index is -0.151. The van der Waals surface area contributed by atoms with Gasteiger partial charge in [0.25, 0.3) is 0 Å². The largest absolute Gasteiger partial charge is 0.324 e. The summed E-state index contributed by atoms with van der Waals surface area (Å²) in [6.45, 7) is 49.2. The highest BCUT2D eigenvalue weighted by molar-refractivity contribution is 6.55. The van der Waals surface area contributed by atoms with Gasteiger partial charge in [0.05, 0.1) is 52.4 Å². The molecule has 466 valence electrons. The zero-order chi connectivity index (χ0) is 61.3. The summed E-state index contributed by atoms with van der Waals surface area (Å²) in [6, 6.07) is 20.3. The summed E-state index contributed by atoms with van der Waals surface area (Å²) < 4.78 is 53.8. The molecule has 0 saturated heterocycles. The van der Waals surface area contributed by atoms with Crippen LogP contribution in [0.25, 0.3) is 0 Å². The van der Waals surface area contributed by atoms with Crippen LogP contribution in [0.3, 0.4) is 0 Å². The normalized spacial score (nSPS) is 11.4. The minimum Gasteiger partial charge on any atom is -0.324 e. The van der Waals surface area contributed by atoms with Crippen molar-refractivity contribution in [2.24, 2.45) is 0 Å². The summed E-state index contributed by atoms with van der Waals surface area (Å²) in [5.74, 6) is 0.385. The SMILES string of the molecule is CCC(C)[BH2-]c1cc(F)ccc1C.CCCCC[BH2-]c1cc(F)ccc1C.CCCC[N+](CCCC)(CCCC)CCCC.CCCC[N+](CCCC)(CCCC)CCCC.C[BH2-]c1cc(F)ccc1C.C[BH2-]c1cc(F)ccc1C. The zero-order valence-electron chi connectivity index (χ0n) is 57.4. The van der Waals surface area contributed by atoms with E-state index in [9.17, 15) is 17.6 Å². The molecule has 1 atom stereocenters. The Morgan fingerprint density at radius 2 is 0.593 bits per heavy atom. The van der Waals surface area contributed by atoms with Gasteiger partial charge in [-0.2, -0.15) is 25.8 Å². The second-order valence-corrected chi connectivity index (χ2v) is 25.4. The Bertz CT molecular complexity index is 1940. The number of quaternary nitrogens is 2. The maximum absolute atomic E-state index is 12.9. The van der Waals surface area contributed by atoms with Crippen molar-refractivity contribution < 1.29 is 26.5 Å². The van der Waals surface area contributed by atoms with Crippen molar-refractivity contribution in [3.63, 3.8) is 0 Å². The number of hydrogen-bond acceptors (Lipinski definition) is 0. The maximum Gasteiger partial charge on any atom is 0.120 e. The van der Waals surface area contributed by atoms with Crippen LogP contribution in [0.4, 0.5) is 17.6 Å². The van der Waals surface area contributed by atoms with E-state index in [1.165, 1.54) is 252 Å². The Labute approximate surface area is 503 Å². The van der Waals surface area contributed by atoms with Gasteiger partial charge in [-0.05, 0) is 132 Å². The van der Waals surface area contributed by atoms with E-state index in [1.807, 2.05) is 38.1 Å². The van der Waals surface area contributed by atoms with Crippen LogP contribution in [0.5, 0.6) is 0 Å². The number of rotatable bonds is 34. The van der Waals surface area contributed by atoms with E-state index in [-0.39, 0.29) is 52.4 Å². The molecule has 81 heavy (non-hydrogen) atoms. The van der Waals surface area contributed by atoms with Crippen LogP contribution >= 0.6 is 0 Å².